The highest BCUT2D eigenvalue weighted by Crippen LogP contribution is 2.54. The number of ether oxygens (including phenoxy) is 1. The number of aliphatic hydroxyl groups excluding tert-OH is 1. The van der Waals surface area contributed by atoms with E-state index in [0.717, 1.165) is 37.0 Å². The fraction of sp³-hybridized carbons (Fsp3) is 0.500. The van der Waals surface area contributed by atoms with Crippen molar-refractivity contribution in [2.75, 3.05) is 65.0 Å². The molecule has 4 heterocycles. The van der Waals surface area contributed by atoms with Crippen molar-refractivity contribution >= 4 is 49.8 Å². The quantitative estimate of drug-likeness (QED) is 0.373. The number of nitrogens with zero attached hydrogens (tertiary/aromatic N) is 3. The van der Waals surface area contributed by atoms with Crippen LogP contribution in [0.25, 0.3) is 11.0 Å². The molecule has 11 nitrogen and oxygen atoms in total. The first kappa shape index (κ1) is 26.9. The number of sulfonamides is 1. The van der Waals surface area contributed by atoms with Crippen molar-refractivity contribution in [3.63, 3.8) is 0 Å². The highest BCUT2D eigenvalue weighted by molar-refractivity contribution is 7.92. The normalized spacial score (nSPS) is 20.6. The van der Waals surface area contributed by atoms with Crippen LogP contribution in [0.5, 0.6) is 0 Å². The predicted molar refractivity (Wildman–Crippen MR) is 154 cm³/mol. The highest BCUT2D eigenvalue weighted by Gasteiger charge is 2.44. The summed E-state index contributed by atoms with van der Waals surface area (Å²) in [6.45, 7) is 5.04. The minimum atomic E-state index is -3.69. The van der Waals surface area contributed by atoms with Crippen LogP contribution in [0.1, 0.15) is 43.1 Å². The number of anilines is 4. The lowest BCUT2D eigenvalue weighted by atomic mass is 9.93. The summed E-state index contributed by atoms with van der Waals surface area (Å²) in [5, 5.41) is 12.9. The Bertz CT molecular complexity index is 1510. The minimum Gasteiger partial charge on any atom is -0.460 e. The number of aromatic nitrogens is 1. The van der Waals surface area contributed by atoms with Gasteiger partial charge in [0.05, 0.1) is 48.4 Å². The van der Waals surface area contributed by atoms with E-state index in [1.54, 1.807) is 30.5 Å². The largest absolute Gasteiger partial charge is 0.460 e. The van der Waals surface area contributed by atoms with Crippen molar-refractivity contribution in [2.24, 2.45) is 5.41 Å². The van der Waals surface area contributed by atoms with Crippen molar-refractivity contribution in [2.45, 2.75) is 38.7 Å². The van der Waals surface area contributed by atoms with Gasteiger partial charge in [-0.05, 0) is 68.4 Å². The molecule has 0 radical (unpaired) electrons. The molecule has 2 aromatic heterocycles. The van der Waals surface area contributed by atoms with Crippen molar-refractivity contribution < 1.29 is 27.5 Å². The monoisotopic (exact) mass is 569 g/mol. The van der Waals surface area contributed by atoms with E-state index in [4.69, 9.17) is 19.2 Å². The maximum Gasteiger partial charge on any atom is 0.274 e. The first-order chi connectivity index (χ1) is 19.2. The van der Waals surface area contributed by atoms with E-state index in [2.05, 4.69) is 19.8 Å². The molecule has 214 valence electrons. The average Bonchev–Trinajstić information content (AvgIpc) is 3.50. The summed E-state index contributed by atoms with van der Waals surface area (Å²) in [5.41, 5.74) is 3.06. The fourth-order valence-electron chi connectivity index (χ4n) is 5.70. The molecule has 1 atom stereocenters. The summed E-state index contributed by atoms with van der Waals surface area (Å²) >= 11 is 0. The van der Waals surface area contributed by atoms with E-state index in [0.29, 0.717) is 47.9 Å². The van der Waals surface area contributed by atoms with E-state index in [9.17, 15) is 13.2 Å². The average molecular weight is 570 g/mol. The van der Waals surface area contributed by atoms with Gasteiger partial charge in [0.25, 0.3) is 5.91 Å². The molecule has 1 saturated carbocycles. The summed E-state index contributed by atoms with van der Waals surface area (Å²) in [5.74, 6) is -0.141. The molecule has 1 aliphatic carbocycles. The topological polar surface area (TPSA) is 137 Å². The first-order valence-corrected chi connectivity index (χ1v) is 15.5. The van der Waals surface area contributed by atoms with Crippen LogP contribution in [-0.2, 0) is 14.8 Å². The van der Waals surface area contributed by atoms with Gasteiger partial charge in [-0.2, -0.15) is 0 Å². The third-order valence-corrected chi connectivity index (χ3v) is 9.46. The minimum absolute atomic E-state index is 0.0354. The van der Waals surface area contributed by atoms with Gasteiger partial charge in [-0.1, -0.05) is 0 Å². The number of hydrogen-bond donors (Lipinski definition) is 3. The van der Waals surface area contributed by atoms with E-state index in [1.165, 1.54) is 12.8 Å². The van der Waals surface area contributed by atoms with Gasteiger partial charge in [-0.25, -0.2) is 13.4 Å². The second-order valence-corrected chi connectivity index (χ2v) is 13.0. The number of pyridine rings is 1. The molecule has 3 aromatic rings. The number of benzene rings is 1. The smallest absolute Gasteiger partial charge is 0.274 e. The van der Waals surface area contributed by atoms with E-state index in [-0.39, 0.29) is 23.5 Å². The molecule has 12 heteroatoms. The standard InChI is InChI=1S/C28H35N5O6S/c1-19-18-33(11-14-38-19)26-25-20(4-13-39-25)16-23(29-26)27(35)30-22-3-2-21(31-40(36,37)15-12-34)17-24(22)32-9-7-28(5-6-28)8-10-32/h2-4,13,16-17,19,31,34H,5-12,14-15,18H2,1H3,(H,30,35)/t19-/m0/s1. The van der Waals surface area contributed by atoms with E-state index >= 15 is 0 Å². The number of morpholine rings is 1. The summed E-state index contributed by atoms with van der Waals surface area (Å²) < 4.78 is 38.6. The molecule has 3 N–H and O–H groups in total. The Hall–Kier alpha value is -3.35. The second kappa shape index (κ2) is 10.6. The Morgan fingerprint density at radius 3 is 2.65 bits per heavy atom. The van der Waals surface area contributed by atoms with Gasteiger partial charge < -0.3 is 29.4 Å². The van der Waals surface area contributed by atoms with Gasteiger partial charge >= 0.3 is 0 Å². The zero-order chi connectivity index (χ0) is 27.9. The van der Waals surface area contributed by atoms with Crippen LogP contribution >= 0.6 is 0 Å². The van der Waals surface area contributed by atoms with Gasteiger partial charge in [0, 0.05) is 31.6 Å². The third-order valence-electron chi connectivity index (χ3n) is 8.19. The summed E-state index contributed by atoms with van der Waals surface area (Å²) in [6.07, 6.45) is 6.30. The first-order valence-electron chi connectivity index (χ1n) is 13.8. The number of rotatable bonds is 8. The van der Waals surface area contributed by atoms with Crippen LogP contribution in [0.15, 0.2) is 41.0 Å². The van der Waals surface area contributed by atoms with Gasteiger partial charge in [0.2, 0.25) is 10.0 Å². The molecule has 3 fully saturated rings. The molecule has 0 unspecified atom stereocenters. The SMILES string of the molecule is C[C@H]1CN(c2nc(C(=O)Nc3ccc(NS(=O)(=O)CCO)cc3N3CCC4(CC3)CC4)cc3ccoc23)CCO1. The van der Waals surface area contributed by atoms with Gasteiger partial charge in [-0.15, -0.1) is 0 Å². The lowest BCUT2D eigenvalue weighted by Gasteiger charge is -2.35. The highest BCUT2D eigenvalue weighted by atomic mass is 32.2. The van der Waals surface area contributed by atoms with Crippen molar-refractivity contribution in [3.05, 3.63) is 42.3 Å². The number of aliphatic hydroxyl groups is 1. The molecule has 1 aromatic carbocycles. The number of amides is 1. The molecule has 40 heavy (non-hydrogen) atoms. The number of hydrogen-bond acceptors (Lipinski definition) is 9. The molecule has 1 amide bonds. The summed E-state index contributed by atoms with van der Waals surface area (Å²) in [6, 6.07) is 8.63. The lowest BCUT2D eigenvalue weighted by molar-refractivity contribution is 0.0530. The number of fused-ring (bicyclic) bond motifs is 1. The van der Waals surface area contributed by atoms with Crippen molar-refractivity contribution in [1.82, 2.24) is 4.98 Å². The summed E-state index contributed by atoms with van der Waals surface area (Å²) in [7, 11) is -3.69. The van der Waals surface area contributed by atoms with Gasteiger partial charge in [0.1, 0.15) is 5.69 Å². The number of nitrogens with one attached hydrogen (secondary N) is 2. The Balaban J connectivity index is 1.30. The molecule has 3 aliphatic rings. The molecule has 1 spiro atoms. The molecular formula is C28H35N5O6S. The second-order valence-electron chi connectivity index (χ2n) is 11.1. The maximum atomic E-state index is 13.6. The van der Waals surface area contributed by atoms with Crippen molar-refractivity contribution in [1.29, 1.82) is 0 Å². The Morgan fingerprint density at radius 2 is 1.93 bits per heavy atom. The fourth-order valence-corrected chi connectivity index (χ4v) is 6.53. The predicted octanol–water partition coefficient (Wildman–Crippen LogP) is 3.42. The Kier molecular flexibility index (Phi) is 7.09. The third kappa shape index (κ3) is 5.61. The van der Waals surface area contributed by atoms with Crippen molar-refractivity contribution in [3.8, 4) is 0 Å². The van der Waals surface area contributed by atoms with Crippen LogP contribution in [0, 0.1) is 5.41 Å². The summed E-state index contributed by atoms with van der Waals surface area (Å²) in [4.78, 5) is 22.6. The number of carbonyl (C=O) groups is 1. The molecule has 0 bridgehead atoms. The zero-order valence-corrected chi connectivity index (χ0v) is 23.4. The van der Waals surface area contributed by atoms with Crippen LogP contribution in [0.4, 0.5) is 22.9 Å². The van der Waals surface area contributed by atoms with Crippen LogP contribution < -0.4 is 19.8 Å². The number of furan rings is 1. The maximum absolute atomic E-state index is 13.6. The molecule has 6 rings (SSSR count). The Morgan fingerprint density at radius 1 is 1.12 bits per heavy atom. The van der Waals surface area contributed by atoms with Gasteiger partial charge in [0.15, 0.2) is 11.4 Å². The zero-order valence-electron chi connectivity index (χ0n) is 22.6. The number of carbonyl (C=O) groups excluding carboxylic acids is 1. The van der Waals surface area contributed by atoms with Crippen LogP contribution in [0.3, 0.4) is 0 Å². The molecule has 2 saturated heterocycles. The van der Waals surface area contributed by atoms with Crippen LogP contribution in [-0.4, -0.2) is 75.7 Å². The van der Waals surface area contributed by atoms with E-state index in [1.807, 2.05) is 13.0 Å². The Labute approximate surface area is 233 Å². The molecule has 2 aliphatic heterocycles. The van der Waals surface area contributed by atoms with E-state index < -0.39 is 16.6 Å². The number of piperidine rings is 1. The lowest BCUT2D eigenvalue weighted by Crippen LogP contribution is -2.41. The van der Waals surface area contributed by atoms with Gasteiger partial charge in [-0.3, -0.25) is 9.52 Å². The van der Waals surface area contributed by atoms with Crippen LogP contribution in [0.2, 0.25) is 0 Å². The molecular weight excluding hydrogens is 534 g/mol.